The summed E-state index contributed by atoms with van der Waals surface area (Å²) in [5.74, 6) is 1.17. The maximum absolute atomic E-state index is 12.5. The molecule has 2 aliphatic rings. The van der Waals surface area contributed by atoms with E-state index >= 15 is 0 Å². The van der Waals surface area contributed by atoms with E-state index in [2.05, 4.69) is 16.7 Å². The molecule has 1 saturated carbocycles. The Kier molecular flexibility index (Phi) is 3.78. The van der Waals surface area contributed by atoms with Crippen LogP contribution in [0.5, 0.6) is 0 Å². The monoisotopic (exact) mass is 276 g/mol. The molecular formula is C15H20N2OS. The number of rotatable bonds is 1. The van der Waals surface area contributed by atoms with E-state index in [4.69, 9.17) is 0 Å². The van der Waals surface area contributed by atoms with Crippen LogP contribution in [0.15, 0.2) is 24.4 Å². The lowest BCUT2D eigenvalue weighted by molar-refractivity contribution is 0.0724. The maximum Gasteiger partial charge on any atom is 0.272 e. The van der Waals surface area contributed by atoms with Gasteiger partial charge in [0.1, 0.15) is 5.69 Å². The number of aromatic nitrogens is 1. The van der Waals surface area contributed by atoms with Crippen molar-refractivity contribution in [1.82, 2.24) is 9.88 Å². The highest BCUT2D eigenvalue weighted by molar-refractivity contribution is 8.00. The summed E-state index contributed by atoms with van der Waals surface area (Å²) in [6.07, 6.45) is 8.23. The second-order valence-corrected chi connectivity index (χ2v) is 7.10. The lowest BCUT2D eigenvalue weighted by Gasteiger charge is -2.44. The van der Waals surface area contributed by atoms with Crippen molar-refractivity contribution in [3.8, 4) is 0 Å². The number of carbonyl (C=O) groups is 1. The van der Waals surface area contributed by atoms with Gasteiger partial charge in [-0.25, -0.2) is 0 Å². The second kappa shape index (κ2) is 5.53. The lowest BCUT2D eigenvalue weighted by atomic mass is 9.87. The summed E-state index contributed by atoms with van der Waals surface area (Å²) < 4.78 is 0.334. The van der Waals surface area contributed by atoms with Gasteiger partial charge < -0.3 is 4.90 Å². The Morgan fingerprint density at radius 2 is 2.11 bits per heavy atom. The molecule has 0 aromatic carbocycles. The third-order valence-electron chi connectivity index (χ3n) is 4.18. The molecule has 1 saturated heterocycles. The summed E-state index contributed by atoms with van der Waals surface area (Å²) in [5.41, 5.74) is 0.584. The number of thioether (sulfide) groups is 1. The molecular weight excluding hydrogens is 256 g/mol. The average Bonchev–Trinajstić information content (AvgIpc) is 2.48. The molecule has 19 heavy (non-hydrogen) atoms. The Morgan fingerprint density at radius 3 is 2.84 bits per heavy atom. The van der Waals surface area contributed by atoms with E-state index in [0.29, 0.717) is 10.4 Å². The zero-order chi connectivity index (χ0) is 13.1. The number of hydrogen-bond donors (Lipinski definition) is 0. The third kappa shape index (κ3) is 2.78. The minimum atomic E-state index is 0.103. The summed E-state index contributed by atoms with van der Waals surface area (Å²) in [5, 5.41) is 0. The van der Waals surface area contributed by atoms with Crippen LogP contribution in [0.3, 0.4) is 0 Å². The normalized spacial score (nSPS) is 22.4. The highest BCUT2D eigenvalue weighted by Gasteiger charge is 2.38. The van der Waals surface area contributed by atoms with Gasteiger partial charge in [-0.05, 0) is 25.0 Å². The Balaban J connectivity index is 1.73. The van der Waals surface area contributed by atoms with Crippen molar-refractivity contribution in [2.24, 2.45) is 0 Å². The van der Waals surface area contributed by atoms with Crippen LogP contribution < -0.4 is 0 Å². The molecule has 1 aliphatic carbocycles. The molecule has 4 heteroatoms. The van der Waals surface area contributed by atoms with Gasteiger partial charge in [0.05, 0.1) is 0 Å². The van der Waals surface area contributed by atoms with Crippen molar-refractivity contribution in [3.63, 3.8) is 0 Å². The number of hydrogen-bond acceptors (Lipinski definition) is 3. The summed E-state index contributed by atoms with van der Waals surface area (Å²) in [6, 6.07) is 5.55. The first kappa shape index (κ1) is 13.0. The van der Waals surface area contributed by atoms with Crippen molar-refractivity contribution in [1.29, 1.82) is 0 Å². The van der Waals surface area contributed by atoms with Crippen LogP contribution >= 0.6 is 11.8 Å². The summed E-state index contributed by atoms with van der Waals surface area (Å²) in [4.78, 5) is 18.7. The molecule has 102 valence electrons. The van der Waals surface area contributed by atoms with Gasteiger partial charge in [0.2, 0.25) is 0 Å². The molecule has 0 unspecified atom stereocenters. The van der Waals surface area contributed by atoms with Gasteiger partial charge >= 0.3 is 0 Å². The van der Waals surface area contributed by atoms with Crippen LogP contribution in [-0.2, 0) is 0 Å². The summed E-state index contributed by atoms with van der Waals surface area (Å²) >= 11 is 2.09. The van der Waals surface area contributed by atoms with Crippen LogP contribution in [0.4, 0.5) is 0 Å². The number of amides is 1. The smallest absolute Gasteiger partial charge is 0.272 e. The molecule has 1 spiro atoms. The first-order valence-corrected chi connectivity index (χ1v) is 8.12. The Labute approximate surface area is 118 Å². The fraction of sp³-hybridized carbons (Fsp3) is 0.600. The molecule has 0 bridgehead atoms. The van der Waals surface area contributed by atoms with Gasteiger partial charge in [-0.15, -0.1) is 0 Å². The molecule has 3 nitrogen and oxygen atoms in total. The summed E-state index contributed by atoms with van der Waals surface area (Å²) in [6.45, 7) is 1.77. The van der Waals surface area contributed by atoms with E-state index < -0.39 is 0 Å². The van der Waals surface area contributed by atoms with Gasteiger partial charge in [0.15, 0.2) is 0 Å². The largest absolute Gasteiger partial charge is 0.335 e. The van der Waals surface area contributed by atoms with Crippen molar-refractivity contribution >= 4 is 17.7 Å². The average molecular weight is 276 g/mol. The maximum atomic E-state index is 12.5. The standard InChI is InChI=1S/C15H20N2OS/c18-14(13-6-2-5-9-16-13)17-10-11-19-15(12-17)7-3-1-4-8-15/h2,5-6,9H,1,3-4,7-8,10-12H2. The van der Waals surface area contributed by atoms with Crippen molar-refractivity contribution in [3.05, 3.63) is 30.1 Å². The van der Waals surface area contributed by atoms with Gasteiger partial charge in [0.25, 0.3) is 5.91 Å². The van der Waals surface area contributed by atoms with Crippen LogP contribution in [0.2, 0.25) is 0 Å². The topological polar surface area (TPSA) is 33.2 Å². The lowest BCUT2D eigenvalue weighted by Crippen LogP contribution is -2.50. The quantitative estimate of drug-likeness (QED) is 0.790. The predicted molar refractivity (Wildman–Crippen MR) is 78.4 cm³/mol. The minimum Gasteiger partial charge on any atom is -0.335 e. The highest BCUT2D eigenvalue weighted by Crippen LogP contribution is 2.42. The van der Waals surface area contributed by atoms with E-state index in [1.165, 1.54) is 32.1 Å². The second-order valence-electron chi connectivity index (χ2n) is 5.53. The first-order chi connectivity index (χ1) is 9.29. The van der Waals surface area contributed by atoms with Crippen LogP contribution in [0.1, 0.15) is 42.6 Å². The van der Waals surface area contributed by atoms with Crippen molar-refractivity contribution in [2.45, 2.75) is 36.9 Å². The van der Waals surface area contributed by atoms with E-state index in [1.54, 1.807) is 6.20 Å². The van der Waals surface area contributed by atoms with E-state index in [1.807, 2.05) is 23.1 Å². The molecule has 1 aromatic rings. The number of carbonyl (C=O) groups excluding carboxylic acids is 1. The Morgan fingerprint density at radius 1 is 1.26 bits per heavy atom. The zero-order valence-electron chi connectivity index (χ0n) is 11.2. The zero-order valence-corrected chi connectivity index (χ0v) is 12.0. The molecule has 3 rings (SSSR count). The van der Waals surface area contributed by atoms with Gasteiger partial charge in [-0.1, -0.05) is 25.3 Å². The fourth-order valence-electron chi connectivity index (χ4n) is 3.17. The van der Waals surface area contributed by atoms with Crippen LogP contribution in [0.25, 0.3) is 0 Å². The van der Waals surface area contributed by atoms with Crippen molar-refractivity contribution < 1.29 is 4.79 Å². The molecule has 0 radical (unpaired) electrons. The van der Waals surface area contributed by atoms with E-state index in [0.717, 1.165) is 18.8 Å². The van der Waals surface area contributed by atoms with Crippen molar-refractivity contribution in [2.75, 3.05) is 18.8 Å². The fourth-order valence-corrected chi connectivity index (χ4v) is 4.74. The minimum absolute atomic E-state index is 0.103. The van der Waals surface area contributed by atoms with Gasteiger partial charge in [-0.3, -0.25) is 9.78 Å². The van der Waals surface area contributed by atoms with E-state index in [9.17, 15) is 4.79 Å². The van der Waals surface area contributed by atoms with Gasteiger partial charge in [0, 0.05) is 29.8 Å². The predicted octanol–water partition coefficient (Wildman–Crippen LogP) is 2.97. The van der Waals surface area contributed by atoms with Crippen LogP contribution in [0, 0.1) is 0 Å². The molecule has 1 aliphatic heterocycles. The molecule has 2 heterocycles. The number of nitrogens with zero attached hydrogens (tertiary/aromatic N) is 2. The molecule has 2 fully saturated rings. The summed E-state index contributed by atoms with van der Waals surface area (Å²) in [7, 11) is 0. The number of pyridine rings is 1. The van der Waals surface area contributed by atoms with Gasteiger partial charge in [-0.2, -0.15) is 11.8 Å². The molecule has 0 atom stereocenters. The Hall–Kier alpha value is -1.03. The highest BCUT2D eigenvalue weighted by atomic mass is 32.2. The molecule has 0 N–H and O–H groups in total. The Bertz CT molecular complexity index is 437. The molecule has 1 amide bonds. The SMILES string of the molecule is O=C(c1ccccn1)N1CCSC2(CCCCC2)C1. The van der Waals surface area contributed by atoms with Crippen LogP contribution in [-0.4, -0.2) is 39.4 Å². The third-order valence-corrected chi connectivity index (χ3v) is 5.72. The first-order valence-electron chi connectivity index (χ1n) is 7.13. The van der Waals surface area contributed by atoms with E-state index in [-0.39, 0.29) is 5.91 Å². The molecule has 1 aromatic heterocycles.